The molecule has 0 aliphatic carbocycles. The Morgan fingerprint density at radius 3 is 2.53 bits per heavy atom. The van der Waals surface area contributed by atoms with Crippen LogP contribution >= 0.6 is 0 Å². The fourth-order valence-electron chi connectivity index (χ4n) is 2.21. The van der Waals surface area contributed by atoms with Crippen molar-refractivity contribution in [1.82, 2.24) is 9.97 Å². The minimum atomic E-state index is -1.10. The molecule has 30 heavy (non-hydrogen) atoms. The highest BCUT2D eigenvalue weighted by molar-refractivity contribution is 5.82. The van der Waals surface area contributed by atoms with Crippen molar-refractivity contribution in [1.29, 1.82) is 0 Å². The Balaban J connectivity index is 2.03. The predicted octanol–water partition coefficient (Wildman–Crippen LogP) is 3.35. The molecule has 162 valence electrons. The number of anilines is 2. The van der Waals surface area contributed by atoms with Crippen LogP contribution in [0.1, 0.15) is 19.4 Å². The molecule has 0 aliphatic heterocycles. The zero-order valence-corrected chi connectivity index (χ0v) is 16.4. The third kappa shape index (κ3) is 6.99. The number of rotatable bonds is 10. The van der Waals surface area contributed by atoms with E-state index in [-0.39, 0.29) is 17.9 Å². The van der Waals surface area contributed by atoms with E-state index in [1.165, 1.54) is 12.4 Å². The van der Waals surface area contributed by atoms with Gasteiger partial charge in [-0.05, 0) is 13.8 Å². The molecule has 0 amide bonds. The van der Waals surface area contributed by atoms with E-state index in [0.717, 1.165) is 6.20 Å². The summed E-state index contributed by atoms with van der Waals surface area (Å²) in [5.41, 5.74) is 5.41. The fraction of sp³-hybridized carbons (Fsp3) is 0.316. The lowest BCUT2D eigenvalue weighted by Crippen LogP contribution is -2.12. The lowest BCUT2D eigenvalue weighted by molar-refractivity contribution is 0.0854. The van der Waals surface area contributed by atoms with Gasteiger partial charge < -0.3 is 21.1 Å². The fourth-order valence-corrected chi connectivity index (χ4v) is 2.21. The molecule has 0 spiro atoms. The van der Waals surface area contributed by atoms with E-state index in [2.05, 4.69) is 25.6 Å². The Labute approximate surface area is 171 Å². The highest BCUT2D eigenvalue weighted by atomic mass is 19.1. The van der Waals surface area contributed by atoms with Gasteiger partial charge in [0, 0.05) is 36.7 Å². The normalized spacial score (nSPS) is 12.0. The molecule has 0 saturated carbocycles. The molecule has 7 nitrogen and oxygen atoms in total. The van der Waals surface area contributed by atoms with E-state index in [4.69, 9.17) is 10.5 Å². The summed E-state index contributed by atoms with van der Waals surface area (Å²) in [6, 6.07) is 1.07. The van der Waals surface area contributed by atoms with Crippen LogP contribution in [0.3, 0.4) is 0 Å². The first-order valence-corrected chi connectivity index (χ1v) is 9.00. The van der Waals surface area contributed by atoms with Crippen molar-refractivity contribution in [2.45, 2.75) is 26.5 Å². The van der Waals surface area contributed by atoms with Crippen LogP contribution in [0.15, 0.2) is 35.2 Å². The highest BCUT2D eigenvalue weighted by Crippen LogP contribution is 2.18. The summed E-state index contributed by atoms with van der Waals surface area (Å²) in [5, 5.41) is 5.21. The van der Waals surface area contributed by atoms with Gasteiger partial charge in [0.1, 0.15) is 17.5 Å². The largest absolute Gasteiger partial charge is 0.403 e. The summed E-state index contributed by atoms with van der Waals surface area (Å²) >= 11 is 0. The zero-order chi connectivity index (χ0) is 22.1. The maximum absolute atomic E-state index is 14.0. The van der Waals surface area contributed by atoms with Gasteiger partial charge in [0.2, 0.25) is 5.95 Å². The number of hydrogen-bond acceptors (Lipinski definition) is 7. The van der Waals surface area contributed by atoms with Gasteiger partial charge in [-0.3, -0.25) is 4.99 Å². The minimum Gasteiger partial charge on any atom is -0.403 e. The summed E-state index contributed by atoms with van der Waals surface area (Å²) < 4.78 is 59.8. The second kappa shape index (κ2) is 11.1. The number of aromatic nitrogens is 2. The van der Waals surface area contributed by atoms with Gasteiger partial charge in [0.15, 0.2) is 11.6 Å². The molecule has 4 N–H and O–H groups in total. The number of aliphatic imine (C=N–C) groups is 1. The number of ether oxygens (including phenoxy) is 1. The molecule has 0 unspecified atom stereocenters. The third-order valence-corrected chi connectivity index (χ3v) is 3.62. The molecular formula is C19H22F4N6O. The van der Waals surface area contributed by atoms with Gasteiger partial charge in [-0.15, -0.1) is 0 Å². The van der Waals surface area contributed by atoms with E-state index in [1.54, 1.807) is 0 Å². The van der Waals surface area contributed by atoms with Crippen molar-refractivity contribution in [3.63, 3.8) is 0 Å². The number of nitrogens with one attached hydrogen (secondary N) is 2. The molecule has 1 aromatic heterocycles. The Morgan fingerprint density at radius 1 is 1.20 bits per heavy atom. The molecule has 0 atom stereocenters. The van der Waals surface area contributed by atoms with E-state index < -0.39 is 35.4 Å². The van der Waals surface area contributed by atoms with E-state index >= 15 is 0 Å². The standard InChI is InChI=1S/C19H22F4N6O/c1-11(2)30-4-3-25-8-13(7-24)28-19-27-10-17(23)18(29-19)26-9-14-15(21)5-12(20)6-16(14)22/h5-8,10-11H,3-4,9,24H2,1-2H3,(H2,26,27,28,29)/b13-7+,25-8?. The van der Waals surface area contributed by atoms with Crippen molar-refractivity contribution in [2.75, 3.05) is 23.8 Å². The average Bonchev–Trinajstić information content (AvgIpc) is 2.67. The molecular weight excluding hydrogens is 404 g/mol. The second-order valence-electron chi connectivity index (χ2n) is 6.29. The van der Waals surface area contributed by atoms with Gasteiger partial charge in [-0.25, -0.2) is 22.5 Å². The quantitative estimate of drug-likeness (QED) is 0.306. The first-order valence-electron chi connectivity index (χ1n) is 9.00. The van der Waals surface area contributed by atoms with Gasteiger partial charge in [0.05, 0.1) is 31.1 Å². The van der Waals surface area contributed by atoms with E-state index in [0.29, 0.717) is 31.0 Å². The van der Waals surface area contributed by atoms with Crippen LogP contribution in [-0.2, 0) is 11.3 Å². The topological polar surface area (TPSA) is 97.5 Å². The van der Waals surface area contributed by atoms with Crippen molar-refractivity contribution < 1.29 is 22.3 Å². The summed E-state index contributed by atoms with van der Waals surface area (Å²) in [6.45, 7) is 4.20. The number of nitrogens with two attached hydrogens (primary N) is 1. The average molecular weight is 426 g/mol. The number of nitrogens with zero attached hydrogens (tertiary/aromatic N) is 3. The minimum absolute atomic E-state index is 0.0273. The summed E-state index contributed by atoms with van der Waals surface area (Å²) in [6.07, 6.45) is 3.62. The summed E-state index contributed by atoms with van der Waals surface area (Å²) in [7, 11) is 0. The predicted molar refractivity (Wildman–Crippen MR) is 106 cm³/mol. The molecule has 0 radical (unpaired) electrons. The molecule has 1 heterocycles. The SMILES string of the molecule is CC(C)OCCN=C/C(=C\N)Nc1ncc(F)c(NCc2c(F)cc(F)cc2F)n1. The highest BCUT2D eigenvalue weighted by Gasteiger charge is 2.13. The van der Waals surface area contributed by atoms with E-state index in [9.17, 15) is 17.6 Å². The molecule has 1 aromatic carbocycles. The van der Waals surface area contributed by atoms with Crippen molar-refractivity contribution >= 4 is 18.0 Å². The summed E-state index contributed by atoms with van der Waals surface area (Å²) in [5.74, 6) is -4.43. The number of benzene rings is 1. The first-order chi connectivity index (χ1) is 14.3. The number of hydrogen-bond donors (Lipinski definition) is 3. The van der Waals surface area contributed by atoms with Gasteiger partial charge in [0.25, 0.3) is 0 Å². The van der Waals surface area contributed by atoms with Crippen LogP contribution in [0.25, 0.3) is 0 Å². The first kappa shape index (κ1) is 23.1. The second-order valence-corrected chi connectivity index (χ2v) is 6.29. The van der Waals surface area contributed by atoms with Crippen molar-refractivity contribution in [3.05, 3.63) is 59.1 Å². The van der Waals surface area contributed by atoms with Crippen LogP contribution in [0, 0.1) is 23.3 Å². The lowest BCUT2D eigenvalue weighted by atomic mass is 10.2. The molecule has 2 aromatic rings. The Bertz CT molecular complexity index is 897. The van der Waals surface area contributed by atoms with Crippen LogP contribution in [-0.4, -0.2) is 35.4 Å². The van der Waals surface area contributed by atoms with E-state index in [1.807, 2.05) is 13.8 Å². The Hall–Kier alpha value is -3.21. The molecule has 0 saturated heterocycles. The van der Waals surface area contributed by atoms with Crippen molar-refractivity contribution in [2.24, 2.45) is 10.7 Å². The molecule has 0 bridgehead atoms. The Morgan fingerprint density at radius 2 is 1.90 bits per heavy atom. The van der Waals surface area contributed by atoms with Crippen LogP contribution < -0.4 is 16.4 Å². The van der Waals surface area contributed by atoms with Gasteiger partial charge in [-0.1, -0.05) is 0 Å². The Kier molecular flexibility index (Phi) is 8.54. The van der Waals surface area contributed by atoms with Gasteiger partial charge >= 0.3 is 0 Å². The van der Waals surface area contributed by atoms with Crippen LogP contribution in [0.5, 0.6) is 0 Å². The number of halogens is 4. The van der Waals surface area contributed by atoms with Crippen molar-refractivity contribution in [3.8, 4) is 0 Å². The van der Waals surface area contributed by atoms with Gasteiger partial charge in [-0.2, -0.15) is 4.98 Å². The molecule has 0 aliphatic rings. The molecule has 0 fully saturated rings. The zero-order valence-electron chi connectivity index (χ0n) is 16.4. The lowest BCUT2D eigenvalue weighted by Gasteiger charge is -2.11. The molecule has 11 heteroatoms. The third-order valence-electron chi connectivity index (χ3n) is 3.62. The van der Waals surface area contributed by atoms with Crippen LogP contribution in [0.2, 0.25) is 0 Å². The number of allylic oxidation sites excluding steroid dienone is 1. The maximum atomic E-state index is 14.0. The smallest absolute Gasteiger partial charge is 0.229 e. The summed E-state index contributed by atoms with van der Waals surface area (Å²) in [4.78, 5) is 11.8. The molecule has 2 rings (SSSR count). The monoisotopic (exact) mass is 426 g/mol. The van der Waals surface area contributed by atoms with Crippen LogP contribution in [0.4, 0.5) is 29.3 Å². The maximum Gasteiger partial charge on any atom is 0.229 e.